The van der Waals surface area contributed by atoms with E-state index in [0.29, 0.717) is 0 Å². The minimum atomic E-state index is 0.889. The van der Waals surface area contributed by atoms with Crippen LogP contribution >= 0.6 is 0 Å². The molecule has 1 aromatic rings. The molecule has 80 valence electrons. The quantitative estimate of drug-likeness (QED) is 0.803. The van der Waals surface area contributed by atoms with E-state index < -0.39 is 0 Å². The molecule has 0 radical (unpaired) electrons. The maximum absolute atomic E-state index is 4.41. The van der Waals surface area contributed by atoms with Crippen LogP contribution in [0.4, 0.5) is 5.69 Å². The van der Waals surface area contributed by atoms with E-state index in [4.69, 9.17) is 0 Å². The second-order valence-corrected chi connectivity index (χ2v) is 3.60. The average Bonchev–Trinajstić information content (AvgIpc) is 2.80. The number of amidine groups is 1. The van der Waals surface area contributed by atoms with Gasteiger partial charge in [-0.05, 0) is 19.1 Å². The van der Waals surface area contributed by atoms with E-state index in [2.05, 4.69) is 46.4 Å². The molecule has 0 unspecified atom stereocenters. The van der Waals surface area contributed by atoms with Crippen LogP contribution in [-0.2, 0) is 0 Å². The number of nitrogens with zero attached hydrogens (tertiary/aromatic N) is 2. The number of aliphatic imine (C=N–C) groups is 1. The Morgan fingerprint density at radius 1 is 1.33 bits per heavy atom. The maximum atomic E-state index is 4.41. The third kappa shape index (κ3) is 2.49. The summed E-state index contributed by atoms with van der Waals surface area (Å²) in [5, 5.41) is 3.30. The predicted molar refractivity (Wildman–Crippen MR) is 64.6 cm³/mol. The second-order valence-electron chi connectivity index (χ2n) is 3.60. The van der Waals surface area contributed by atoms with Gasteiger partial charge in [-0.2, -0.15) is 0 Å². The van der Waals surface area contributed by atoms with E-state index >= 15 is 0 Å². The van der Waals surface area contributed by atoms with Gasteiger partial charge in [0.25, 0.3) is 0 Å². The van der Waals surface area contributed by atoms with Gasteiger partial charge < -0.3 is 10.2 Å². The van der Waals surface area contributed by atoms with Crippen molar-refractivity contribution in [2.24, 2.45) is 4.99 Å². The van der Waals surface area contributed by atoms with Crippen molar-refractivity contribution in [2.75, 3.05) is 31.1 Å². The summed E-state index contributed by atoms with van der Waals surface area (Å²) in [5.41, 5.74) is 1.26. The van der Waals surface area contributed by atoms with Crippen LogP contribution in [0.2, 0.25) is 0 Å². The van der Waals surface area contributed by atoms with Crippen molar-refractivity contribution >= 4 is 11.5 Å². The highest BCUT2D eigenvalue weighted by Crippen LogP contribution is 2.12. The zero-order valence-corrected chi connectivity index (χ0v) is 9.11. The summed E-state index contributed by atoms with van der Waals surface area (Å²) in [6.45, 7) is 5.97. The molecule has 0 amide bonds. The van der Waals surface area contributed by atoms with E-state index in [1.807, 2.05) is 6.07 Å². The van der Waals surface area contributed by atoms with Gasteiger partial charge in [0.15, 0.2) is 0 Å². The fourth-order valence-electron chi connectivity index (χ4n) is 1.76. The topological polar surface area (TPSA) is 27.6 Å². The Morgan fingerprint density at radius 3 is 2.73 bits per heavy atom. The number of likely N-dealkylation sites (N-methyl/N-ethyl adjacent to an activating group) is 1. The molecule has 0 bridgehead atoms. The standard InChI is InChI=1S/C12H17N3/c1-2-15(10-12-13-8-9-14-12)11-6-4-3-5-7-11/h3-7H,2,8-10H2,1H3,(H,13,14). The first-order chi connectivity index (χ1) is 7.40. The van der Waals surface area contributed by atoms with Crippen molar-refractivity contribution in [1.29, 1.82) is 0 Å². The second kappa shape index (κ2) is 4.82. The molecule has 1 aromatic carbocycles. The third-order valence-electron chi connectivity index (χ3n) is 2.59. The highest BCUT2D eigenvalue weighted by Gasteiger charge is 2.10. The van der Waals surface area contributed by atoms with E-state index in [0.717, 1.165) is 32.0 Å². The van der Waals surface area contributed by atoms with Gasteiger partial charge in [-0.3, -0.25) is 4.99 Å². The molecule has 0 spiro atoms. The van der Waals surface area contributed by atoms with Crippen LogP contribution in [0.5, 0.6) is 0 Å². The van der Waals surface area contributed by atoms with E-state index in [1.165, 1.54) is 5.69 Å². The van der Waals surface area contributed by atoms with Crippen LogP contribution in [0.1, 0.15) is 6.92 Å². The van der Waals surface area contributed by atoms with Crippen LogP contribution in [0.25, 0.3) is 0 Å². The molecule has 0 atom stereocenters. The Hall–Kier alpha value is -1.51. The number of rotatable bonds is 4. The molecule has 0 aromatic heterocycles. The van der Waals surface area contributed by atoms with Gasteiger partial charge in [0.05, 0.1) is 13.1 Å². The van der Waals surface area contributed by atoms with Gasteiger partial charge in [-0.25, -0.2) is 0 Å². The third-order valence-corrected chi connectivity index (χ3v) is 2.59. The van der Waals surface area contributed by atoms with Gasteiger partial charge >= 0.3 is 0 Å². The monoisotopic (exact) mass is 203 g/mol. The number of nitrogens with one attached hydrogen (secondary N) is 1. The molecule has 3 nitrogen and oxygen atoms in total. The van der Waals surface area contributed by atoms with Crippen molar-refractivity contribution in [3.63, 3.8) is 0 Å². The largest absolute Gasteiger partial charge is 0.370 e. The van der Waals surface area contributed by atoms with Gasteiger partial charge in [-0.1, -0.05) is 18.2 Å². The Balaban J connectivity index is 2.04. The minimum Gasteiger partial charge on any atom is -0.370 e. The molecular weight excluding hydrogens is 186 g/mol. The number of anilines is 1. The number of para-hydroxylation sites is 1. The first kappa shape index (κ1) is 10.0. The van der Waals surface area contributed by atoms with Crippen molar-refractivity contribution in [3.05, 3.63) is 30.3 Å². The van der Waals surface area contributed by atoms with Gasteiger partial charge in [0.1, 0.15) is 5.84 Å². The molecule has 2 rings (SSSR count). The average molecular weight is 203 g/mol. The van der Waals surface area contributed by atoms with Crippen molar-refractivity contribution < 1.29 is 0 Å². The Morgan fingerprint density at radius 2 is 2.13 bits per heavy atom. The van der Waals surface area contributed by atoms with Crippen LogP contribution in [0.15, 0.2) is 35.3 Å². The Kier molecular flexibility index (Phi) is 3.22. The van der Waals surface area contributed by atoms with Crippen LogP contribution < -0.4 is 10.2 Å². The zero-order valence-electron chi connectivity index (χ0n) is 9.11. The highest BCUT2D eigenvalue weighted by molar-refractivity contribution is 5.88. The first-order valence-corrected chi connectivity index (χ1v) is 5.47. The maximum Gasteiger partial charge on any atom is 0.116 e. The lowest BCUT2D eigenvalue weighted by atomic mass is 10.3. The summed E-state index contributed by atoms with van der Waals surface area (Å²) >= 11 is 0. The SMILES string of the molecule is CCN(CC1=NCCN1)c1ccccc1. The van der Waals surface area contributed by atoms with Gasteiger partial charge in [-0.15, -0.1) is 0 Å². The molecule has 0 fully saturated rings. The summed E-state index contributed by atoms with van der Waals surface area (Å²) in [4.78, 5) is 6.73. The highest BCUT2D eigenvalue weighted by atomic mass is 15.2. The molecule has 1 aliphatic rings. The van der Waals surface area contributed by atoms with Crippen LogP contribution in [0, 0.1) is 0 Å². The molecule has 3 heteroatoms. The molecular formula is C12H17N3. The Labute approximate surface area is 90.8 Å². The fourth-order valence-corrected chi connectivity index (χ4v) is 1.76. The summed E-state index contributed by atoms with van der Waals surface area (Å²) in [7, 11) is 0. The molecule has 15 heavy (non-hydrogen) atoms. The minimum absolute atomic E-state index is 0.889. The summed E-state index contributed by atoms with van der Waals surface area (Å²) in [6, 6.07) is 10.5. The normalized spacial score (nSPS) is 14.6. The number of benzene rings is 1. The van der Waals surface area contributed by atoms with E-state index in [-0.39, 0.29) is 0 Å². The van der Waals surface area contributed by atoms with Crippen LogP contribution in [-0.4, -0.2) is 32.0 Å². The molecule has 1 N–H and O–H groups in total. The number of hydrogen-bond acceptors (Lipinski definition) is 3. The van der Waals surface area contributed by atoms with Crippen molar-refractivity contribution in [1.82, 2.24) is 5.32 Å². The smallest absolute Gasteiger partial charge is 0.116 e. The summed E-state index contributed by atoms with van der Waals surface area (Å²) in [6.07, 6.45) is 0. The lowest BCUT2D eigenvalue weighted by Gasteiger charge is -2.22. The molecule has 0 saturated carbocycles. The molecule has 1 heterocycles. The Bertz CT molecular complexity index is 332. The van der Waals surface area contributed by atoms with E-state index in [1.54, 1.807) is 0 Å². The van der Waals surface area contributed by atoms with Gasteiger partial charge in [0.2, 0.25) is 0 Å². The first-order valence-electron chi connectivity index (χ1n) is 5.47. The number of hydrogen-bond donors (Lipinski definition) is 1. The lowest BCUT2D eigenvalue weighted by molar-refractivity contribution is 0.898. The zero-order chi connectivity index (χ0) is 10.5. The van der Waals surface area contributed by atoms with E-state index in [9.17, 15) is 0 Å². The van der Waals surface area contributed by atoms with Crippen molar-refractivity contribution in [2.45, 2.75) is 6.92 Å². The molecule has 0 saturated heterocycles. The summed E-state index contributed by atoms with van der Waals surface area (Å²) in [5.74, 6) is 1.11. The lowest BCUT2D eigenvalue weighted by Crippen LogP contribution is -2.35. The molecule has 1 aliphatic heterocycles. The van der Waals surface area contributed by atoms with Crippen molar-refractivity contribution in [3.8, 4) is 0 Å². The fraction of sp³-hybridized carbons (Fsp3) is 0.417. The molecule has 0 aliphatic carbocycles. The van der Waals surface area contributed by atoms with Crippen LogP contribution in [0.3, 0.4) is 0 Å². The summed E-state index contributed by atoms with van der Waals surface area (Å²) < 4.78 is 0. The van der Waals surface area contributed by atoms with Gasteiger partial charge in [0, 0.05) is 18.8 Å². The predicted octanol–water partition coefficient (Wildman–Crippen LogP) is 1.51.